The SMILES string of the molecule is CC1(C)NCCN(Cc2cc(F)ccc2F)C1=O. The van der Waals surface area contributed by atoms with E-state index in [0.29, 0.717) is 13.1 Å². The van der Waals surface area contributed by atoms with Gasteiger partial charge in [0.25, 0.3) is 0 Å². The molecule has 0 atom stereocenters. The molecule has 0 bridgehead atoms. The molecule has 1 heterocycles. The number of nitrogens with one attached hydrogen (secondary N) is 1. The van der Waals surface area contributed by atoms with Gasteiger partial charge < -0.3 is 10.2 Å². The van der Waals surface area contributed by atoms with Gasteiger partial charge in [0.2, 0.25) is 5.91 Å². The number of benzene rings is 1. The van der Waals surface area contributed by atoms with Crippen LogP contribution in [0.25, 0.3) is 0 Å². The summed E-state index contributed by atoms with van der Waals surface area (Å²) in [6, 6.07) is 3.29. The summed E-state index contributed by atoms with van der Waals surface area (Å²) >= 11 is 0. The fourth-order valence-electron chi connectivity index (χ4n) is 2.10. The summed E-state index contributed by atoms with van der Waals surface area (Å²) in [5.74, 6) is -1.08. The zero-order valence-electron chi connectivity index (χ0n) is 10.5. The first kappa shape index (κ1) is 13.0. The van der Waals surface area contributed by atoms with E-state index in [-0.39, 0.29) is 18.0 Å². The number of hydrogen-bond donors (Lipinski definition) is 1. The molecule has 1 fully saturated rings. The maximum absolute atomic E-state index is 13.5. The molecule has 1 aromatic carbocycles. The van der Waals surface area contributed by atoms with Crippen LogP contribution in [0.15, 0.2) is 18.2 Å². The van der Waals surface area contributed by atoms with Crippen LogP contribution in [0.5, 0.6) is 0 Å². The van der Waals surface area contributed by atoms with Crippen LogP contribution in [0, 0.1) is 11.6 Å². The van der Waals surface area contributed by atoms with Crippen LogP contribution in [0.4, 0.5) is 8.78 Å². The van der Waals surface area contributed by atoms with Gasteiger partial charge in [-0.15, -0.1) is 0 Å². The van der Waals surface area contributed by atoms with E-state index < -0.39 is 17.2 Å². The molecule has 0 spiro atoms. The summed E-state index contributed by atoms with van der Waals surface area (Å²) in [5, 5.41) is 3.09. The monoisotopic (exact) mass is 254 g/mol. The van der Waals surface area contributed by atoms with Crippen molar-refractivity contribution in [3.63, 3.8) is 0 Å². The Hall–Kier alpha value is -1.49. The second kappa shape index (κ2) is 4.65. The summed E-state index contributed by atoms with van der Waals surface area (Å²) in [7, 11) is 0. The minimum atomic E-state index is -0.651. The summed E-state index contributed by atoms with van der Waals surface area (Å²) in [4.78, 5) is 13.6. The number of carbonyl (C=O) groups excluding carboxylic acids is 1. The van der Waals surface area contributed by atoms with E-state index in [1.54, 1.807) is 18.7 Å². The molecular formula is C13H16F2N2O. The summed E-state index contributed by atoms with van der Waals surface area (Å²) in [6.45, 7) is 4.81. The second-order valence-corrected chi connectivity index (χ2v) is 5.01. The van der Waals surface area contributed by atoms with E-state index >= 15 is 0 Å². The van der Waals surface area contributed by atoms with E-state index in [1.807, 2.05) is 0 Å². The Morgan fingerprint density at radius 3 is 2.83 bits per heavy atom. The predicted octanol–water partition coefficient (Wildman–Crippen LogP) is 1.68. The fourth-order valence-corrected chi connectivity index (χ4v) is 2.10. The van der Waals surface area contributed by atoms with Crippen LogP contribution >= 0.6 is 0 Å². The van der Waals surface area contributed by atoms with Gasteiger partial charge in [-0.05, 0) is 32.0 Å². The average Bonchev–Trinajstić information content (AvgIpc) is 2.30. The van der Waals surface area contributed by atoms with Gasteiger partial charge in [0, 0.05) is 25.2 Å². The highest BCUT2D eigenvalue weighted by Crippen LogP contribution is 2.17. The normalized spacial score (nSPS) is 19.1. The van der Waals surface area contributed by atoms with Crippen LogP contribution in [-0.2, 0) is 11.3 Å². The van der Waals surface area contributed by atoms with E-state index in [2.05, 4.69) is 5.32 Å². The van der Waals surface area contributed by atoms with Crippen LogP contribution < -0.4 is 5.32 Å². The van der Waals surface area contributed by atoms with Gasteiger partial charge in [-0.2, -0.15) is 0 Å². The minimum absolute atomic E-state index is 0.0996. The maximum atomic E-state index is 13.5. The molecule has 98 valence electrons. The van der Waals surface area contributed by atoms with E-state index in [0.717, 1.165) is 18.2 Å². The number of carbonyl (C=O) groups is 1. The summed E-state index contributed by atoms with van der Waals surface area (Å²) in [6.07, 6.45) is 0. The van der Waals surface area contributed by atoms with Gasteiger partial charge >= 0.3 is 0 Å². The van der Waals surface area contributed by atoms with Crippen molar-refractivity contribution in [2.45, 2.75) is 25.9 Å². The molecule has 1 saturated heterocycles. The van der Waals surface area contributed by atoms with Crippen LogP contribution in [0.2, 0.25) is 0 Å². The molecule has 5 heteroatoms. The fraction of sp³-hybridized carbons (Fsp3) is 0.462. The summed E-state index contributed by atoms with van der Waals surface area (Å²) < 4.78 is 26.6. The van der Waals surface area contributed by atoms with Gasteiger partial charge in [-0.1, -0.05) is 0 Å². The molecule has 1 N–H and O–H groups in total. The number of hydrogen-bond acceptors (Lipinski definition) is 2. The van der Waals surface area contributed by atoms with Crippen molar-refractivity contribution in [1.82, 2.24) is 10.2 Å². The average molecular weight is 254 g/mol. The number of rotatable bonds is 2. The lowest BCUT2D eigenvalue weighted by Gasteiger charge is -2.38. The lowest BCUT2D eigenvalue weighted by Crippen LogP contribution is -2.60. The molecule has 0 unspecified atom stereocenters. The molecule has 2 rings (SSSR count). The smallest absolute Gasteiger partial charge is 0.242 e. The van der Waals surface area contributed by atoms with Crippen molar-refractivity contribution < 1.29 is 13.6 Å². The number of piperazine rings is 1. The molecule has 3 nitrogen and oxygen atoms in total. The maximum Gasteiger partial charge on any atom is 0.242 e. The van der Waals surface area contributed by atoms with Gasteiger partial charge in [0.05, 0.1) is 5.54 Å². The third-order valence-electron chi connectivity index (χ3n) is 3.14. The van der Waals surface area contributed by atoms with E-state index in [4.69, 9.17) is 0 Å². The van der Waals surface area contributed by atoms with Crippen molar-refractivity contribution in [3.8, 4) is 0 Å². The molecular weight excluding hydrogens is 238 g/mol. The Balaban J connectivity index is 2.18. The minimum Gasteiger partial charge on any atom is -0.335 e. The van der Waals surface area contributed by atoms with E-state index in [9.17, 15) is 13.6 Å². The van der Waals surface area contributed by atoms with Crippen molar-refractivity contribution in [1.29, 1.82) is 0 Å². The molecule has 0 saturated carbocycles. The lowest BCUT2D eigenvalue weighted by molar-refractivity contribution is -0.140. The Morgan fingerprint density at radius 1 is 1.39 bits per heavy atom. The molecule has 0 aromatic heterocycles. The molecule has 1 aliphatic heterocycles. The third-order valence-corrected chi connectivity index (χ3v) is 3.14. The van der Waals surface area contributed by atoms with Crippen molar-refractivity contribution in [2.75, 3.05) is 13.1 Å². The molecule has 18 heavy (non-hydrogen) atoms. The number of halogens is 2. The molecule has 1 aromatic rings. The highest BCUT2D eigenvalue weighted by atomic mass is 19.1. The lowest BCUT2D eigenvalue weighted by atomic mass is 10.00. The van der Waals surface area contributed by atoms with Crippen molar-refractivity contribution in [3.05, 3.63) is 35.4 Å². The van der Waals surface area contributed by atoms with E-state index in [1.165, 1.54) is 0 Å². The molecule has 0 radical (unpaired) electrons. The highest BCUT2D eigenvalue weighted by molar-refractivity contribution is 5.86. The van der Waals surface area contributed by atoms with Gasteiger partial charge in [0.1, 0.15) is 11.6 Å². The first-order valence-electron chi connectivity index (χ1n) is 5.88. The Bertz CT molecular complexity index is 474. The van der Waals surface area contributed by atoms with Crippen LogP contribution in [0.1, 0.15) is 19.4 Å². The highest BCUT2D eigenvalue weighted by Gasteiger charge is 2.35. The van der Waals surface area contributed by atoms with Crippen LogP contribution in [0.3, 0.4) is 0 Å². The van der Waals surface area contributed by atoms with Gasteiger partial charge in [-0.3, -0.25) is 4.79 Å². The van der Waals surface area contributed by atoms with Crippen molar-refractivity contribution in [2.24, 2.45) is 0 Å². The molecule has 1 amide bonds. The first-order valence-corrected chi connectivity index (χ1v) is 5.88. The van der Waals surface area contributed by atoms with Crippen molar-refractivity contribution >= 4 is 5.91 Å². The quantitative estimate of drug-likeness (QED) is 0.870. The van der Waals surface area contributed by atoms with Crippen LogP contribution in [-0.4, -0.2) is 29.4 Å². The predicted molar refractivity (Wildman–Crippen MR) is 63.9 cm³/mol. The number of amides is 1. The molecule has 1 aliphatic rings. The van der Waals surface area contributed by atoms with Gasteiger partial charge in [0.15, 0.2) is 0 Å². The largest absolute Gasteiger partial charge is 0.335 e. The third kappa shape index (κ3) is 2.51. The standard InChI is InChI=1S/C13H16F2N2O/c1-13(2)12(18)17(6-5-16-13)8-9-7-10(14)3-4-11(9)15/h3-4,7,16H,5-6,8H2,1-2H3. The summed E-state index contributed by atoms with van der Waals surface area (Å²) in [5.41, 5.74) is -0.441. The second-order valence-electron chi connectivity index (χ2n) is 5.01. The van der Waals surface area contributed by atoms with Gasteiger partial charge in [-0.25, -0.2) is 8.78 Å². The number of nitrogens with zero attached hydrogens (tertiary/aromatic N) is 1. The zero-order valence-corrected chi connectivity index (χ0v) is 10.5. The Labute approximate surface area is 105 Å². The molecule has 0 aliphatic carbocycles. The zero-order chi connectivity index (χ0) is 13.3. The Kier molecular flexibility index (Phi) is 3.34. The first-order chi connectivity index (χ1) is 8.40. The topological polar surface area (TPSA) is 32.3 Å². The Morgan fingerprint density at radius 2 is 2.11 bits per heavy atom.